The molecule has 3 rings (SSSR count). The average molecular weight is 337 g/mol. The Morgan fingerprint density at radius 3 is 2.55 bits per heavy atom. The highest BCUT2D eigenvalue weighted by atomic mass is 79.9. The van der Waals surface area contributed by atoms with Crippen molar-refractivity contribution in [1.29, 1.82) is 0 Å². The Bertz CT molecular complexity index is 482. The van der Waals surface area contributed by atoms with E-state index in [0.29, 0.717) is 24.4 Å². The Labute approximate surface area is 128 Å². The molecule has 1 aromatic carbocycles. The van der Waals surface area contributed by atoms with Crippen molar-refractivity contribution in [3.8, 4) is 0 Å². The fourth-order valence-electron chi connectivity index (χ4n) is 3.24. The highest BCUT2D eigenvalue weighted by molar-refractivity contribution is 9.10. The fourth-order valence-corrected chi connectivity index (χ4v) is 3.51. The molecule has 0 spiro atoms. The molecule has 108 valence electrons. The van der Waals surface area contributed by atoms with E-state index in [-0.39, 0.29) is 5.91 Å². The van der Waals surface area contributed by atoms with Crippen molar-refractivity contribution >= 4 is 21.8 Å². The molecule has 0 bridgehead atoms. The number of benzene rings is 1. The summed E-state index contributed by atoms with van der Waals surface area (Å²) in [5, 5.41) is 3.71. The number of carbonyl (C=O) groups is 1. The number of likely N-dealkylation sites (N-methyl/N-ethyl adjacent to an activating group) is 1. The third kappa shape index (κ3) is 3.07. The molecule has 0 radical (unpaired) electrons. The first-order chi connectivity index (χ1) is 9.61. The van der Waals surface area contributed by atoms with Crippen LogP contribution in [0.3, 0.4) is 0 Å². The smallest absolute Gasteiger partial charge is 0.222 e. The van der Waals surface area contributed by atoms with Crippen molar-refractivity contribution in [3.63, 3.8) is 0 Å². The average Bonchev–Trinajstić information content (AvgIpc) is 2.39. The number of rotatable bonds is 3. The zero-order valence-corrected chi connectivity index (χ0v) is 13.4. The molecule has 1 saturated carbocycles. The van der Waals surface area contributed by atoms with E-state index in [2.05, 4.69) is 45.5 Å². The summed E-state index contributed by atoms with van der Waals surface area (Å²) in [5.74, 6) is 0.980. The van der Waals surface area contributed by atoms with Gasteiger partial charge in [0.15, 0.2) is 0 Å². The summed E-state index contributed by atoms with van der Waals surface area (Å²) in [7, 11) is 1.90. The van der Waals surface area contributed by atoms with Crippen LogP contribution in [0.4, 0.5) is 0 Å². The minimum absolute atomic E-state index is 0.282. The first-order valence-corrected chi connectivity index (χ1v) is 8.16. The van der Waals surface area contributed by atoms with Gasteiger partial charge in [-0.25, -0.2) is 0 Å². The molecule has 1 heterocycles. The van der Waals surface area contributed by atoms with E-state index in [1.165, 1.54) is 18.4 Å². The zero-order valence-electron chi connectivity index (χ0n) is 11.8. The molecular weight excluding hydrogens is 316 g/mol. The SMILES string of the molecule is CN1CC(NC2CC(c3ccc(Br)cc3)C2)CCC1=O. The summed E-state index contributed by atoms with van der Waals surface area (Å²) in [5.41, 5.74) is 1.45. The summed E-state index contributed by atoms with van der Waals surface area (Å²) >= 11 is 3.48. The van der Waals surface area contributed by atoms with E-state index < -0.39 is 0 Å². The predicted molar refractivity (Wildman–Crippen MR) is 83.7 cm³/mol. The van der Waals surface area contributed by atoms with Gasteiger partial charge in [-0.3, -0.25) is 4.79 Å². The lowest BCUT2D eigenvalue weighted by Crippen LogP contribution is -2.52. The van der Waals surface area contributed by atoms with Gasteiger partial charge >= 0.3 is 0 Å². The Kier molecular flexibility index (Phi) is 4.13. The minimum Gasteiger partial charge on any atom is -0.344 e. The van der Waals surface area contributed by atoms with Gasteiger partial charge in [0.2, 0.25) is 5.91 Å². The summed E-state index contributed by atoms with van der Waals surface area (Å²) < 4.78 is 1.14. The van der Waals surface area contributed by atoms with Gasteiger partial charge in [0.1, 0.15) is 0 Å². The zero-order chi connectivity index (χ0) is 14.1. The Balaban J connectivity index is 1.46. The summed E-state index contributed by atoms with van der Waals surface area (Å²) in [4.78, 5) is 13.3. The maximum Gasteiger partial charge on any atom is 0.222 e. The third-order valence-corrected chi connectivity index (χ3v) is 5.11. The number of nitrogens with one attached hydrogen (secondary N) is 1. The van der Waals surface area contributed by atoms with Crippen LogP contribution in [0, 0.1) is 0 Å². The Morgan fingerprint density at radius 1 is 1.20 bits per heavy atom. The molecule has 20 heavy (non-hydrogen) atoms. The van der Waals surface area contributed by atoms with Crippen LogP contribution in [0.15, 0.2) is 28.7 Å². The van der Waals surface area contributed by atoms with Crippen LogP contribution in [-0.4, -0.2) is 36.5 Å². The van der Waals surface area contributed by atoms with Crippen LogP contribution in [0.5, 0.6) is 0 Å². The number of likely N-dealkylation sites (tertiary alicyclic amines) is 1. The van der Waals surface area contributed by atoms with E-state index in [1.807, 2.05) is 11.9 Å². The van der Waals surface area contributed by atoms with Crippen LogP contribution in [0.2, 0.25) is 0 Å². The van der Waals surface area contributed by atoms with Crippen molar-refractivity contribution in [2.45, 2.75) is 43.7 Å². The number of nitrogens with zero attached hydrogens (tertiary/aromatic N) is 1. The van der Waals surface area contributed by atoms with Gasteiger partial charge in [0.05, 0.1) is 0 Å². The lowest BCUT2D eigenvalue weighted by molar-refractivity contribution is -0.132. The van der Waals surface area contributed by atoms with Gasteiger partial charge in [0, 0.05) is 36.6 Å². The van der Waals surface area contributed by atoms with Gasteiger partial charge in [-0.05, 0) is 42.9 Å². The van der Waals surface area contributed by atoms with Crippen molar-refractivity contribution < 1.29 is 4.79 Å². The first kappa shape index (κ1) is 14.1. The topological polar surface area (TPSA) is 32.3 Å². The molecule has 1 aliphatic heterocycles. The van der Waals surface area contributed by atoms with Crippen molar-refractivity contribution in [3.05, 3.63) is 34.3 Å². The molecular formula is C16H21BrN2O. The number of carbonyl (C=O) groups excluding carboxylic acids is 1. The van der Waals surface area contributed by atoms with Gasteiger partial charge < -0.3 is 10.2 Å². The third-order valence-electron chi connectivity index (χ3n) is 4.58. The van der Waals surface area contributed by atoms with Crippen molar-refractivity contribution in [2.75, 3.05) is 13.6 Å². The van der Waals surface area contributed by atoms with Crippen LogP contribution < -0.4 is 5.32 Å². The van der Waals surface area contributed by atoms with Crippen LogP contribution >= 0.6 is 15.9 Å². The molecule has 1 N–H and O–H groups in total. The summed E-state index contributed by atoms with van der Waals surface area (Å²) in [6, 6.07) is 9.79. The molecule has 1 unspecified atom stereocenters. The second-order valence-corrected chi connectivity index (χ2v) is 7.01. The number of amides is 1. The Morgan fingerprint density at radius 2 is 1.90 bits per heavy atom. The standard InChI is InChI=1S/C16H21BrN2O/c1-19-10-14(6-7-16(19)20)18-15-8-12(9-15)11-2-4-13(17)5-3-11/h2-5,12,14-15,18H,6-10H2,1H3. The highest BCUT2D eigenvalue weighted by Gasteiger charge is 2.33. The van der Waals surface area contributed by atoms with Gasteiger partial charge in [-0.15, -0.1) is 0 Å². The van der Waals surface area contributed by atoms with Gasteiger partial charge in [-0.2, -0.15) is 0 Å². The van der Waals surface area contributed by atoms with E-state index in [9.17, 15) is 4.79 Å². The molecule has 2 aliphatic rings. The number of hydrogen-bond acceptors (Lipinski definition) is 2. The Hall–Kier alpha value is -0.870. The van der Waals surface area contributed by atoms with Crippen molar-refractivity contribution in [1.82, 2.24) is 10.2 Å². The molecule has 4 heteroatoms. The minimum atomic E-state index is 0.282. The maximum atomic E-state index is 11.5. The summed E-state index contributed by atoms with van der Waals surface area (Å²) in [6.07, 6.45) is 4.12. The van der Waals surface area contributed by atoms with Gasteiger partial charge in [0.25, 0.3) is 0 Å². The maximum absolute atomic E-state index is 11.5. The number of hydrogen-bond donors (Lipinski definition) is 1. The highest BCUT2D eigenvalue weighted by Crippen LogP contribution is 2.37. The van der Waals surface area contributed by atoms with Crippen LogP contribution in [0.25, 0.3) is 0 Å². The fraction of sp³-hybridized carbons (Fsp3) is 0.562. The molecule has 1 atom stereocenters. The van der Waals surface area contributed by atoms with Crippen molar-refractivity contribution in [2.24, 2.45) is 0 Å². The molecule has 1 saturated heterocycles. The lowest BCUT2D eigenvalue weighted by Gasteiger charge is -2.41. The van der Waals surface area contributed by atoms with Crippen LogP contribution in [0.1, 0.15) is 37.2 Å². The van der Waals surface area contributed by atoms with E-state index in [0.717, 1.165) is 17.4 Å². The van der Waals surface area contributed by atoms with E-state index >= 15 is 0 Å². The second-order valence-electron chi connectivity index (χ2n) is 6.09. The van der Waals surface area contributed by atoms with E-state index in [4.69, 9.17) is 0 Å². The molecule has 2 fully saturated rings. The quantitative estimate of drug-likeness (QED) is 0.920. The second kappa shape index (κ2) is 5.86. The van der Waals surface area contributed by atoms with Crippen LogP contribution in [-0.2, 0) is 4.79 Å². The lowest BCUT2D eigenvalue weighted by atomic mass is 9.75. The van der Waals surface area contributed by atoms with Gasteiger partial charge in [-0.1, -0.05) is 28.1 Å². The monoisotopic (exact) mass is 336 g/mol. The molecule has 1 aliphatic carbocycles. The molecule has 1 aromatic rings. The number of halogens is 1. The molecule has 1 amide bonds. The molecule has 0 aromatic heterocycles. The number of piperidine rings is 1. The molecule has 3 nitrogen and oxygen atoms in total. The normalized spacial score (nSPS) is 30.2. The largest absolute Gasteiger partial charge is 0.344 e. The summed E-state index contributed by atoms with van der Waals surface area (Å²) in [6.45, 7) is 0.859. The van der Waals surface area contributed by atoms with E-state index in [1.54, 1.807) is 0 Å². The first-order valence-electron chi connectivity index (χ1n) is 7.37. The predicted octanol–water partition coefficient (Wildman–Crippen LogP) is 2.91.